The molecule has 27 heavy (non-hydrogen) atoms. The van der Waals surface area contributed by atoms with E-state index in [2.05, 4.69) is 4.98 Å². The van der Waals surface area contributed by atoms with E-state index in [1.165, 1.54) is 11.3 Å². The molecule has 0 aliphatic carbocycles. The van der Waals surface area contributed by atoms with Crippen molar-refractivity contribution in [2.45, 2.75) is 25.3 Å². The van der Waals surface area contributed by atoms with Crippen LogP contribution >= 0.6 is 11.3 Å². The van der Waals surface area contributed by atoms with Crippen LogP contribution in [0.3, 0.4) is 0 Å². The van der Waals surface area contributed by atoms with E-state index in [4.69, 9.17) is 4.74 Å². The molecule has 1 atom stereocenters. The number of aromatic nitrogens is 2. The zero-order chi connectivity index (χ0) is 18.8. The highest BCUT2D eigenvalue weighted by Crippen LogP contribution is 2.37. The molecule has 0 N–H and O–H groups in total. The van der Waals surface area contributed by atoms with E-state index in [-0.39, 0.29) is 17.9 Å². The molecule has 8 heteroatoms. The number of carbonyl (C=O) groups excluding carboxylic acids is 2. The first-order chi connectivity index (χ1) is 13.1. The number of aryl methyl sites for hydroxylation is 1. The molecule has 2 aliphatic rings. The lowest BCUT2D eigenvalue weighted by atomic mass is 10.2. The van der Waals surface area contributed by atoms with Crippen LogP contribution in [0.4, 0.5) is 0 Å². The van der Waals surface area contributed by atoms with Gasteiger partial charge in [-0.25, -0.2) is 4.98 Å². The van der Waals surface area contributed by atoms with Crippen molar-refractivity contribution in [1.29, 1.82) is 0 Å². The summed E-state index contributed by atoms with van der Waals surface area (Å²) in [6.07, 6.45) is 6.18. The Labute approximate surface area is 162 Å². The van der Waals surface area contributed by atoms with Crippen molar-refractivity contribution in [3.8, 4) is 0 Å². The Morgan fingerprint density at radius 2 is 2.04 bits per heavy atom. The molecule has 0 aromatic carbocycles. The number of thiophene rings is 1. The van der Waals surface area contributed by atoms with E-state index in [1.807, 2.05) is 29.0 Å². The van der Waals surface area contributed by atoms with E-state index in [0.29, 0.717) is 25.6 Å². The number of ether oxygens (including phenoxy) is 1. The monoisotopic (exact) mass is 388 g/mol. The Morgan fingerprint density at radius 3 is 2.85 bits per heavy atom. The van der Waals surface area contributed by atoms with Gasteiger partial charge in [0.1, 0.15) is 0 Å². The summed E-state index contributed by atoms with van der Waals surface area (Å²) >= 11 is 1.51. The van der Waals surface area contributed by atoms with Crippen LogP contribution in [0.5, 0.6) is 0 Å². The van der Waals surface area contributed by atoms with Gasteiger partial charge in [0.2, 0.25) is 0 Å². The normalized spacial score (nSPS) is 20.7. The van der Waals surface area contributed by atoms with E-state index < -0.39 is 0 Å². The maximum Gasteiger partial charge on any atom is 0.290 e. The van der Waals surface area contributed by atoms with Gasteiger partial charge in [-0.1, -0.05) is 0 Å². The summed E-state index contributed by atoms with van der Waals surface area (Å²) in [6.45, 7) is 3.41. The number of carbonyl (C=O) groups is 2. The van der Waals surface area contributed by atoms with Crippen LogP contribution in [0.15, 0.2) is 24.5 Å². The Bertz CT molecular complexity index is 823. The zero-order valence-electron chi connectivity index (χ0n) is 15.5. The Morgan fingerprint density at radius 1 is 1.15 bits per heavy atom. The lowest BCUT2D eigenvalue weighted by Gasteiger charge is -2.23. The smallest absolute Gasteiger partial charge is 0.290 e. The SMILES string of the molecule is Cn1ccnc1C(=O)N1CCCC1c1ccc(C(=O)N2CCCOCC2)s1. The molecule has 2 amide bonds. The van der Waals surface area contributed by atoms with Crippen LogP contribution in [0.25, 0.3) is 0 Å². The van der Waals surface area contributed by atoms with Crippen LogP contribution < -0.4 is 0 Å². The van der Waals surface area contributed by atoms with Crippen LogP contribution in [0, 0.1) is 0 Å². The number of hydrogen-bond donors (Lipinski definition) is 0. The second-order valence-electron chi connectivity index (χ2n) is 6.98. The molecule has 2 fully saturated rings. The second kappa shape index (κ2) is 7.82. The predicted molar refractivity (Wildman–Crippen MR) is 102 cm³/mol. The largest absolute Gasteiger partial charge is 0.380 e. The van der Waals surface area contributed by atoms with Crippen LogP contribution in [-0.4, -0.2) is 64.0 Å². The summed E-state index contributed by atoms with van der Waals surface area (Å²) in [6, 6.07) is 3.92. The quantitative estimate of drug-likeness (QED) is 0.809. The van der Waals surface area contributed by atoms with Gasteiger partial charge in [-0.15, -0.1) is 11.3 Å². The molecule has 0 spiro atoms. The molecule has 4 heterocycles. The van der Waals surface area contributed by atoms with Gasteiger partial charge >= 0.3 is 0 Å². The average Bonchev–Trinajstić information content (AvgIpc) is 3.38. The minimum Gasteiger partial charge on any atom is -0.380 e. The van der Waals surface area contributed by atoms with Crippen molar-refractivity contribution < 1.29 is 14.3 Å². The summed E-state index contributed by atoms with van der Waals surface area (Å²) in [5, 5.41) is 0. The molecule has 0 radical (unpaired) electrons. The summed E-state index contributed by atoms with van der Waals surface area (Å²) in [4.78, 5) is 35.5. The van der Waals surface area contributed by atoms with Crippen molar-refractivity contribution in [3.05, 3.63) is 40.1 Å². The molecular weight excluding hydrogens is 364 g/mol. The number of likely N-dealkylation sites (tertiary alicyclic amines) is 1. The van der Waals surface area contributed by atoms with E-state index in [1.54, 1.807) is 17.0 Å². The van der Waals surface area contributed by atoms with Crippen molar-refractivity contribution in [3.63, 3.8) is 0 Å². The average molecular weight is 388 g/mol. The van der Waals surface area contributed by atoms with Gasteiger partial charge < -0.3 is 19.1 Å². The van der Waals surface area contributed by atoms with Crippen LogP contribution in [-0.2, 0) is 11.8 Å². The summed E-state index contributed by atoms with van der Waals surface area (Å²) in [5.74, 6) is 0.479. The fraction of sp³-hybridized carbons (Fsp3) is 0.526. The third-order valence-electron chi connectivity index (χ3n) is 5.20. The zero-order valence-corrected chi connectivity index (χ0v) is 16.3. The third-order valence-corrected chi connectivity index (χ3v) is 6.38. The number of rotatable bonds is 3. The highest BCUT2D eigenvalue weighted by Gasteiger charge is 2.33. The number of imidazole rings is 1. The lowest BCUT2D eigenvalue weighted by molar-refractivity contribution is 0.0720. The first kappa shape index (κ1) is 18.2. The predicted octanol–water partition coefficient (Wildman–Crippen LogP) is 2.32. The van der Waals surface area contributed by atoms with Gasteiger partial charge in [-0.05, 0) is 31.4 Å². The number of hydrogen-bond acceptors (Lipinski definition) is 5. The molecule has 7 nitrogen and oxygen atoms in total. The molecule has 1 unspecified atom stereocenters. The summed E-state index contributed by atoms with van der Waals surface area (Å²) < 4.78 is 7.19. The summed E-state index contributed by atoms with van der Waals surface area (Å²) in [7, 11) is 1.83. The Kier molecular flexibility index (Phi) is 5.27. The maximum atomic E-state index is 12.9. The topological polar surface area (TPSA) is 67.7 Å². The molecule has 2 saturated heterocycles. The lowest BCUT2D eigenvalue weighted by Crippen LogP contribution is -2.32. The van der Waals surface area contributed by atoms with Crippen molar-refractivity contribution >= 4 is 23.2 Å². The minimum absolute atomic E-state index is 0.0215. The first-order valence-corrected chi connectivity index (χ1v) is 10.2. The molecule has 0 saturated carbocycles. The van der Waals surface area contributed by atoms with Crippen LogP contribution in [0.1, 0.15) is 50.5 Å². The maximum absolute atomic E-state index is 12.9. The molecule has 2 aromatic rings. The number of amides is 2. The Hall–Kier alpha value is -2.19. The minimum atomic E-state index is -0.0454. The summed E-state index contributed by atoms with van der Waals surface area (Å²) in [5.41, 5.74) is 0. The van der Waals surface area contributed by atoms with Gasteiger partial charge in [0, 0.05) is 50.6 Å². The van der Waals surface area contributed by atoms with Crippen LogP contribution in [0.2, 0.25) is 0 Å². The van der Waals surface area contributed by atoms with Crippen molar-refractivity contribution in [2.24, 2.45) is 7.05 Å². The standard InChI is InChI=1S/C19H24N4O3S/c1-21-10-7-20-17(21)19(25)23-9-2-4-14(23)15-5-6-16(27-15)18(24)22-8-3-12-26-13-11-22/h5-7,10,14H,2-4,8-9,11-13H2,1H3. The number of nitrogens with zero attached hydrogens (tertiary/aromatic N) is 4. The highest BCUT2D eigenvalue weighted by molar-refractivity contribution is 7.14. The van der Waals surface area contributed by atoms with Crippen molar-refractivity contribution in [2.75, 3.05) is 32.8 Å². The molecule has 4 rings (SSSR count). The second-order valence-corrected chi connectivity index (χ2v) is 8.09. The molecule has 144 valence electrons. The molecule has 0 bridgehead atoms. The molecule has 2 aliphatic heterocycles. The van der Waals surface area contributed by atoms with Gasteiger partial charge in [-0.3, -0.25) is 9.59 Å². The fourth-order valence-electron chi connectivity index (χ4n) is 3.76. The van der Waals surface area contributed by atoms with Gasteiger partial charge in [-0.2, -0.15) is 0 Å². The van der Waals surface area contributed by atoms with E-state index >= 15 is 0 Å². The van der Waals surface area contributed by atoms with Gasteiger partial charge in [0.05, 0.1) is 17.5 Å². The molecule has 2 aromatic heterocycles. The van der Waals surface area contributed by atoms with Gasteiger partial charge in [0.15, 0.2) is 5.82 Å². The Balaban J connectivity index is 1.51. The fourth-order valence-corrected chi connectivity index (χ4v) is 4.88. The molecular formula is C19H24N4O3S. The third kappa shape index (κ3) is 3.64. The van der Waals surface area contributed by atoms with E-state index in [0.717, 1.165) is 42.1 Å². The highest BCUT2D eigenvalue weighted by atomic mass is 32.1. The first-order valence-electron chi connectivity index (χ1n) is 9.40. The van der Waals surface area contributed by atoms with Crippen molar-refractivity contribution in [1.82, 2.24) is 19.4 Å². The van der Waals surface area contributed by atoms with E-state index in [9.17, 15) is 9.59 Å². The van der Waals surface area contributed by atoms with Gasteiger partial charge in [0.25, 0.3) is 11.8 Å².